The van der Waals surface area contributed by atoms with Crippen molar-refractivity contribution in [1.82, 2.24) is 9.80 Å². The number of ether oxygens (including phenoxy) is 2. The molecular weight excluding hydrogens is 412 g/mol. The Bertz CT molecular complexity index is 724. The van der Waals surface area contributed by atoms with Gasteiger partial charge in [-0.05, 0) is 49.9 Å². The van der Waals surface area contributed by atoms with E-state index >= 15 is 0 Å². The molecule has 0 spiro atoms. The molecule has 2 aliphatic rings. The predicted molar refractivity (Wildman–Crippen MR) is 117 cm³/mol. The van der Waals surface area contributed by atoms with E-state index in [4.69, 9.17) is 9.47 Å². The molecule has 0 bridgehead atoms. The molecule has 0 saturated carbocycles. The van der Waals surface area contributed by atoms with Crippen molar-refractivity contribution < 1.29 is 28.7 Å². The normalized spacial score (nSPS) is 17.1. The molecule has 0 aromatic heterocycles. The molecule has 3 rings (SSSR count). The summed E-state index contributed by atoms with van der Waals surface area (Å²) in [5, 5.41) is 0. The van der Waals surface area contributed by atoms with Crippen LogP contribution < -0.4 is 0 Å². The van der Waals surface area contributed by atoms with Gasteiger partial charge in [0.2, 0.25) is 0 Å². The van der Waals surface area contributed by atoms with E-state index in [1.165, 1.54) is 24.3 Å². The van der Waals surface area contributed by atoms with Crippen LogP contribution in [0, 0.1) is 0 Å². The Labute approximate surface area is 188 Å². The van der Waals surface area contributed by atoms with E-state index in [-0.39, 0.29) is 36.2 Å². The second-order valence-corrected chi connectivity index (χ2v) is 8.32. The number of carbonyl (C=O) groups is 4. The summed E-state index contributed by atoms with van der Waals surface area (Å²) in [4.78, 5) is 52.5. The third-order valence-electron chi connectivity index (χ3n) is 5.93. The zero-order valence-corrected chi connectivity index (χ0v) is 18.6. The van der Waals surface area contributed by atoms with Crippen molar-refractivity contribution in [2.45, 2.75) is 51.4 Å². The fourth-order valence-electron chi connectivity index (χ4n) is 3.99. The second kappa shape index (κ2) is 12.2. The number of hydrogen-bond acceptors (Lipinski definition) is 6. The maximum absolute atomic E-state index is 12.2. The summed E-state index contributed by atoms with van der Waals surface area (Å²) in [5.41, 5.74) is 0.483. The molecule has 2 fully saturated rings. The Kier molecular flexibility index (Phi) is 9.07. The molecule has 8 heteroatoms. The number of nitrogens with zero attached hydrogens (tertiary/aromatic N) is 2. The van der Waals surface area contributed by atoms with Gasteiger partial charge in [0, 0.05) is 26.2 Å². The fourth-order valence-corrected chi connectivity index (χ4v) is 3.99. The second-order valence-electron chi connectivity index (χ2n) is 8.32. The highest BCUT2D eigenvalue weighted by atomic mass is 16.5. The molecule has 0 unspecified atom stereocenters. The van der Waals surface area contributed by atoms with E-state index in [9.17, 15) is 19.2 Å². The first-order valence-electron chi connectivity index (χ1n) is 11.5. The Morgan fingerprint density at radius 2 is 0.875 bits per heavy atom. The molecule has 2 saturated heterocycles. The van der Waals surface area contributed by atoms with Gasteiger partial charge in [-0.3, -0.25) is 9.59 Å². The van der Waals surface area contributed by atoms with Crippen molar-refractivity contribution in [2.24, 2.45) is 0 Å². The highest BCUT2D eigenvalue weighted by Crippen LogP contribution is 2.12. The first-order valence-corrected chi connectivity index (χ1v) is 11.5. The molecule has 8 nitrogen and oxygen atoms in total. The number of likely N-dealkylation sites (tertiary alicyclic amines) is 2. The summed E-state index contributed by atoms with van der Waals surface area (Å²) in [6.45, 7) is 2.23. The van der Waals surface area contributed by atoms with Gasteiger partial charge in [0.05, 0.1) is 11.1 Å². The van der Waals surface area contributed by atoms with Crippen molar-refractivity contribution >= 4 is 23.8 Å². The van der Waals surface area contributed by atoms with Gasteiger partial charge >= 0.3 is 11.9 Å². The minimum Gasteiger partial charge on any atom is -0.452 e. The first kappa shape index (κ1) is 23.8. The van der Waals surface area contributed by atoms with Crippen LogP contribution in [0.25, 0.3) is 0 Å². The average Bonchev–Trinajstić information content (AvgIpc) is 3.26. The zero-order chi connectivity index (χ0) is 22.8. The quantitative estimate of drug-likeness (QED) is 0.627. The molecule has 0 radical (unpaired) electrons. The van der Waals surface area contributed by atoms with Gasteiger partial charge in [0.15, 0.2) is 13.2 Å². The van der Waals surface area contributed by atoms with Gasteiger partial charge in [-0.1, -0.05) is 25.7 Å². The maximum Gasteiger partial charge on any atom is 0.338 e. The Balaban J connectivity index is 1.43. The van der Waals surface area contributed by atoms with E-state index in [1.807, 2.05) is 0 Å². The topological polar surface area (TPSA) is 93.2 Å². The Morgan fingerprint density at radius 3 is 1.19 bits per heavy atom. The van der Waals surface area contributed by atoms with Crippen LogP contribution in [0.5, 0.6) is 0 Å². The zero-order valence-electron chi connectivity index (χ0n) is 18.6. The lowest BCUT2D eigenvalue weighted by molar-refractivity contribution is -0.135. The number of carbonyl (C=O) groups excluding carboxylic acids is 4. The Morgan fingerprint density at radius 1 is 0.562 bits per heavy atom. The average molecular weight is 445 g/mol. The Hall–Kier alpha value is -2.90. The lowest BCUT2D eigenvalue weighted by Crippen LogP contribution is -2.35. The van der Waals surface area contributed by atoms with Gasteiger partial charge in [-0.2, -0.15) is 0 Å². The first-order chi connectivity index (χ1) is 15.5. The number of rotatable bonds is 6. The van der Waals surface area contributed by atoms with Gasteiger partial charge < -0.3 is 19.3 Å². The van der Waals surface area contributed by atoms with Crippen LogP contribution in [0.1, 0.15) is 72.1 Å². The molecule has 1 aromatic rings. The smallest absolute Gasteiger partial charge is 0.338 e. The highest BCUT2D eigenvalue weighted by Gasteiger charge is 2.20. The van der Waals surface area contributed by atoms with Gasteiger partial charge in [-0.25, -0.2) is 9.59 Å². The van der Waals surface area contributed by atoms with Gasteiger partial charge in [-0.15, -0.1) is 0 Å². The van der Waals surface area contributed by atoms with Gasteiger partial charge in [0.1, 0.15) is 0 Å². The SMILES string of the molecule is O=C(OCC(=O)N1CCCCCC1)c1ccc(C(=O)OCC(=O)N2CCCCCC2)cc1. The minimum absolute atomic E-state index is 0.186. The van der Waals surface area contributed by atoms with Crippen molar-refractivity contribution in [2.75, 3.05) is 39.4 Å². The lowest BCUT2D eigenvalue weighted by Gasteiger charge is -2.20. The monoisotopic (exact) mass is 444 g/mol. The summed E-state index contributed by atoms with van der Waals surface area (Å²) in [6, 6.07) is 5.80. The molecular formula is C24H32N2O6. The molecule has 1 aromatic carbocycles. The van der Waals surface area contributed by atoms with Crippen molar-refractivity contribution in [3.63, 3.8) is 0 Å². The fraction of sp³-hybridized carbons (Fsp3) is 0.583. The van der Waals surface area contributed by atoms with Crippen molar-refractivity contribution in [3.05, 3.63) is 35.4 Å². The van der Waals surface area contributed by atoms with Crippen LogP contribution in [0.15, 0.2) is 24.3 Å². The molecule has 2 heterocycles. The molecule has 2 aliphatic heterocycles. The molecule has 0 N–H and O–H groups in total. The van der Waals surface area contributed by atoms with Crippen LogP contribution in [0.2, 0.25) is 0 Å². The molecule has 0 aliphatic carbocycles. The van der Waals surface area contributed by atoms with E-state index in [2.05, 4.69) is 0 Å². The summed E-state index contributed by atoms with van der Waals surface area (Å²) in [7, 11) is 0. The minimum atomic E-state index is -0.621. The maximum atomic E-state index is 12.2. The third kappa shape index (κ3) is 7.07. The summed E-state index contributed by atoms with van der Waals surface area (Å²) >= 11 is 0. The molecule has 32 heavy (non-hydrogen) atoms. The van der Waals surface area contributed by atoms with Crippen LogP contribution in [0.4, 0.5) is 0 Å². The number of hydrogen-bond donors (Lipinski definition) is 0. The standard InChI is InChI=1S/C24H32N2O6/c27-21(25-13-5-1-2-6-14-25)17-31-23(29)19-9-11-20(12-10-19)24(30)32-18-22(28)26-15-7-3-4-8-16-26/h9-12H,1-8,13-18H2. The molecule has 174 valence electrons. The van der Waals surface area contributed by atoms with E-state index in [0.29, 0.717) is 26.2 Å². The molecule has 0 atom stereocenters. The lowest BCUT2D eigenvalue weighted by atomic mass is 10.1. The van der Waals surface area contributed by atoms with Crippen molar-refractivity contribution in [3.8, 4) is 0 Å². The van der Waals surface area contributed by atoms with Gasteiger partial charge in [0.25, 0.3) is 11.8 Å². The van der Waals surface area contributed by atoms with E-state index in [1.54, 1.807) is 9.80 Å². The van der Waals surface area contributed by atoms with Crippen LogP contribution in [-0.4, -0.2) is 72.9 Å². The molecule has 2 amide bonds. The largest absolute Gasteiger partial charge is 0.452 e. The van der Waals surface area contributed by atoms with Crippen LogP contribution >= 0.6 is 0 Å². The van der Waals surface area contributed by atoms with E-state index in [0.717, 1.165) is 51.4 Å². The van der Waals surface area contributed by atoms with Crippen molar-refractivity contribution in [1.29, 1.82) is 0 Å². The number of amides is 2. The number of benzene rings is 1. The van der Waals surface area contributed by atoms with Crippen LogP contribution in [0.3, 0.4) is 0 Å². The third-order valence-corrected chi connectivity index (χ3v) is 5.93. The highest BCUT2D eigenvalue weighted by molar-refractivity contribution is 5.95. The summed E-state index contributed by atoms with van der Waals surface area (Å²) in [6.07, 6.45) is 8.36. The van der Waals surface area contributed by atoms with E-state index < -0.39 is 11.9 Å². The number of esters is 2. The summed E-state index contributed by atoms with van der Waals surface area (Å²) < 4.78 is 10.3. The predicted octanol–water partition coefficient (Wildman–Crippen LogP) is 2.81. The summed E-state index contributed by atoms with van der Waals surface area (Å²) in [5.74, 6) is -1.61. The van der Waals surface area contributed by atoms with Crippen LogP contribution in [-0.2, 0) is 19.1 Å².